The summed E-state index contributed by atoms with van der Waals surface area (Å²) in [7, 11) is 0. The number of amides is 1. The van der Waals surface area contributed by atoms with Gasteiger partial charge in [-0.2, -0.15) is 0 Å². The van der Waals surface area contributed by atoms with E-state index in [4.69, 9.17) is 11.6 Å². The van der Waals surface area contributed by atoms with Gasteiger partial charge in [0.15, 0.2) is 5.13 Å². The van der Waals surface area contributed by atoms with Crippen molar-refractivity contribution in [2.75, 3.05) is 11.1 Å². The Bertz CT molecular complexity index is 912. The second-order valence-corrected chi connectivity index (χ2v) is 7.23. The van der Waals surface area contributed by atoms with E-state index in [-0.39, 0.29) is 17.3 Å². The number of fused-ring (bicyclic) bond motifs is 1. The summed E-state index contributed by atoms with van der Waals surface area (Å²) >= 11 is 8.41. The van der Waals surface area contributed by atoms with Crippen LogP contribution in [0.1, 0.15) is 0 Å². The van der Waals surface area contributed by atoms with Crippen molar-refractivity contribution < 1.29 is 9.72 Å². The molecular formula is C15H10ClN3O3S2. The molecule has 0 aliphatic heterocycles. The fraction of sp³-hybridized carbons (Fsp3) is 0.0667. The monoisotopic (exact) mass is 379 g/mol. The molecule has 0 spiro atoms. The van der Waals surface area contributed by atoms with Crippen molar-refractivity contribution in [3.05, 3.63) is 57.6 Å². The van der Waals surface area contributed by atoms with Crippen molar-refractivity contribution in [2.24, 2.45) is 0 Å². The lowest BCUT2D eigenvalue weighted by atomic mass is 10.3. The third-order valence-electron chi connectivity index (χ3n) is 3.01. The number of hydrogen-bond donors (Lipinski definition) is 1. The lowest BCUT2D eigenvalue weighted by Gasteiger charge is -2.02. The molecule has 2 aromatic carbocycles. The van der Waals surface area contributed by atoms with Gasteiger partial charge in [-0.15, -0.1) is 11.8 Å². The zero-order chi connectivity index (χ0) is 17.1. The van der Waals surface area contributed by atoms with Crippen molar-refractivity contribution in [3.8, 4) is 0 Å². The largest absolute Gasteiger partial charge is 0.301 e. The van der Waals surface area contributed by atoms with Crippen molar-refractivity contribution >= 4 is 61.6 Å². The van der Waals surface area contributed by atoms with E-state index in [1.807, 2.05) is 12.1 Å². The number of rotatable bonds is 5. The molecule has 0 atom stereocenters. The van der Waals surface area contributed by atoms with Crippen molar-refractivity contribution in [1.29, 1.82) is 0 Å². The first kappa shape index (κ1) is 16.7. The first-order valence-electron chi connectivity index (χ1n) is 6.74. The van der Waals surface area contributed by atoms with Crippen LogP contribution in [0.15, 0.2) is 47.4 Å². The topological polar surface area (TPSA) is 85.1 Å². The average Bonchev–Trinajstić information content (AvgIpc) is 2.95. The average molecular weight is 380 g/mol. The summed E-state index contributed by atoms with van der Waals surface area (Å²) in [5.74, 6) is 0.0426. The van der Waals surface area contributed by atoms with Crippen LogP contribution in [-0.2, 0) is 4.79 Å². The summed E-state index contributed by atoms with van der Waals surface area (Å²) in [6.07, 6.45) is 0. The number of nitro groups is 1. The standard InChI is InChI=1S/C15H10ClN3O3S2/c16-9-1-4-11(5-2-9)23-8-14(20)18-15-17-12-6-3-10(19(21)22)7-13(12)24-15/h1-7H,8H2,(H,17,18,20). The second-order valence-electron chi connectivity index (χ2n) is 4.72. The molecule has 1 aromatic heterocycles. The lowest BCUT2D eigenvalue weighted by Crippen LogP contribution is -2.13. The Morgan fingerprint density at radius 3 is 2.75 bits per heavy atom. The van der Waals surface area contributed by atoms with Gasteiger partial charge in [-0.3, -0.25) is 14.9 Å². The van der Waals surface area contributed by atoms with Crippen LogP contribution in [-0.4, -0.2) is 21.6 Å². The van der Waals surface area contributed by atoms with Crippen molar-refractivity contribution in [1.82, 2.24) is 4.98 Å². The molecule has 0 saturated carbocycles. The number of anilines is 1. The molecule has 3 rings (SSSR count). The van der Waals surface area contributed by atoms with Gasteiger partial charge in [-0.25, -0.2) is 4.98 Å². The van der Waals surface area contributed by atoms with Gasteiger partial charge in [-0.05, 0) is 30.3 Å². The molecule has 6 nitrogen and oxygen atoms in total. The number of thiazole rings is 1. The smallest absolute Gasteiger partial charge is 0.270 e. The Morgan fingerprint density at radius 2 is 2.04 bits per heavy atom. The minimum atomic E-state index is -0.458. The molecule has 0 aliphatic carbocycles. The highest BCUT2D eigenvalue weighted by Gasteiger charge is 2.12. The molecule has 0 saturated heterocycles. The molecule has 24 heavy (non-hydrogen) atoms. The van der Waals surface area contributed by atoms with Gasteiger partial charge in [0.2, 0.25) is 5.91 Å². The number of non-ortho nitro benzene ring substituents is 1. The molecular weight excluding hydrogens is 370 g/mol. The molecule has 1 N–H and O–H groups in total. The third kappa shape index (κ3) is 4.02. The van der Waals surface area contributed by atoms with E-state index in [0.717, 1.165) is 4.90 Å². The molecule has 0 bridgehead atoms. The van der Waals surface area contributed by atoms with E-state index in [9.17, 15) is 14.9 Å². The maximum absolute atomic E-state index is 12.0. The van der Waals surface area contributed by atoms with E-state index < -0.39 is 4.92 Å². The predicted molar refractivity (Wildman–Crippen MR) is 97.1 cm³/mol. The highest BCUT2D eigenvalue weighted by molar-refractivity contribution is 8.00. The Kier molecular flexibility index (Phi) is 4.98. The number of carbonyl (C=O) groups excluding carboxylic acids is 1. The quantitative estimate of drug-likeness (QED) is 0.398. The summed E-state index contributed by atoms with van der Waals surface area (Å²) in [5.41, 5.74) is 0.619. The van der Waals surface area contributed by atoms with Gasteiger partial charge < -0.3 is 5.32 Å². The molecule has 122 valence electrons. The minimum Gasteiger partial charge on any atom is -0.301 e. The summed E-state index contributed by atoms with van der Waals surface area (Å²) in [5, 5.41) is 14.6. The molecule has 1 amide bonds. The van der Waals surface area contributed by atoms with Gasteiger partial charge >= 0.3 is 0 Å². The summed E-state index contributed by atoms with van der Waals surface area (Å²) < 4.78 is 0.657. The van der Waals surface area contributed by atoms with Crippen molar-refractivity contribution in [3.63, 3.8) is 0 Å². The normalized spacial score (nSPS) is 10.7. The zero-order valence-electron chi connectivity index (χ0n) is 12.1. The van der Waals surface area contributed by atoms with Crippen molar-refractivity contribution in [2.45, 2.75) is 4.90 Å². The molecule has 0 radical (unpaired) electrons. The molecule has 0 fully saturated rings. The van der Waals surface area contributed by atoms with Gasteiger partial charge in [0, 0.05) is 22.1 Å². The van der Waals surface area contributed by atoms with Crippen LogP contribution in [0, 0.1) is 10.1 Å². The molecule has 0 aliphatic rings. The lowest BCUT2D eigenvalue weighted by molar-refractivity contribution is -0.384. The number of thioether (sulfide) groups is 1. The number of halogens is 1. The van der Waals surface area contributed by atoms with E-state index in [1.54, 1.807) is 18.2 Å². The van der Waals surface area contributed by atoms with Gasteiger partial charge in [0.25, 0.3) is 5.69 Å². The maximum Gasteiger partial charge on any atom is 0.270 e. The van der Waals surface area contributed by atoms with E-state index in [0.29, 0.717) is 20.4 Å². The Labute approximate surface area is 150 Å². The van der Waals surface area contributed by atoms with Crippen LogP contribution in [0.5, 0.6) is 0 Å². The number of nitro benzene ring substituents is 1. The Hall–Kier alpha value is -2.16. The van der Waals surface area contributed by atoms with Gasteiger partial charge in [-0.1, -0.05) is 22.9 Å². The van der Waals surface area contributed by atoms with Gasteiger partial charge in [0.05, 0.1) is 20.9 Å². The first-order valence-corrected chi connectivity index (χ1v) is 8.92. The summed E-state index contributed by atoms with van der Waals surface area (Å²) in [4.78, 5) is 27.5. The number of nitrogens with one attached hydrogen (secondary N) is 1. The number of hydrogen-bond acceptors (Lipinski definition) is 6. The second kappa shape index (κ2) is 7.16. The predicted octanol–water partition coefficient (Wildman–Crippen LogP) is 4.59. The van der Waals surface area contributed by atoms with Crippen LogP contribution >= 0.6 is 34.7 Å². The van der Waals surface area contributed by atoms with Crippen LogP contribution in [0.4, 0.5) is 10.8 Å². The van der Waals surface area contributed by atoms with Crippen LogP contribution in [0.2, 0.25) is 5.02 Å². The third-order valence-corrected chi connectivity index (χ3v) is 5.21. The highest BCUT2D eigenvalue weighted by Crippen LogP contribution is 2.29. The van der Waals surface area contributed by atoms with Crippen LogP contribution in [0.3, 0.4) is 0 Å². The number of benzene rings is 2. The molecule has 0 unspecified atom stereocenters. The minimum absolute atomic E-state index is 0.00215. The van der Waals surface area contributed by atoms with Crippen LogP contribution in [0.25, 0.3) is 10.2 Å². The first-order chi connectivity index (χ1) is 11.5. The molecule has 1 heterocycles. The van der Waals surface area contributed by atoms with E-state index >= 15 is 0 Å². The maximum atomic E-state index is 12.0. The number of aromatic nitrogens is 1. The van der Waals surface area contributed by atoms with Crippen LogP contribution < -0.4 is 5.32 Å². The zero-order valence-corrected chi connectivity index (χ0v) is 14.5. The highest BCUT2D eigenvalue weighted by atomic mass is 35.5. The Morgan fingerprint density at radius 1 is 1.29 bits per heavy atom. The van der Waals surface area contributed by atoms with Gasteiger partial charge in [0.1, 0.15) is 0 Å². The Balaban J connectivity index is 1.64. The van der Waals surface area contributed by atoms with E-state index in [2.05, 4.69) is 10.3 Å². The fourth-order valence-electron chi connectivity index (χ4n) is 1.92. The van der Waals surface area contributed by atoms with E-state index in [1.165, 1.54) is 35.2 Å². The summed E-state index contributed by atoms with van der Waals surface area (Å²) in [6.45, 7) is 0. The SMILES string of the molecule is O=C(CSc1ccc(Cl)cc1)Nc1nc2ccc([N+](=O)[O-])cc2s1. The summed E-state index contributed by atoms with van der Waals surface area (Å²) in [6, 6.07) is 11.6. The number of carbonyl (C=O) groups is 1. The fourth-order valence-corrected chi connectivity index (χ4v) is 3.65. The molecule has 3 aromatic rings. The number of nitrogens with zero attached hydrogens (tertiary/aromatic N) is 2. The molecule has 9 heteroatoms.